The molecule has 0 amide bonds. The highest BCUT2D eigenvalue weighted by molar-refractivity contribution is 5.70. The van der Waals surface area contributed by atoms with Gasteiger partial charge in [-0.1, -0.05) is 30.3 Å². The highest BCUT2D eigenvalue weighted by atomic mass is 16.4. The highest BCUT2D eigenvalue weighted by Crippen LogP contribution is 2.32. The number of allylic oxidation sites excluding steroid dienone is 1. The fourth-order valence-corrected chi connectivity index (χ4v) is 2.23. The van der Waals surface area contributed by atoms with Crippen molar-refractivity contribution in [3.63, 3.8) is 0 Å². The number of aromatic hydroxyl groups is 1. The first-order valence-electron chi connectivity index (χ1n) is 6.02. The maximum Gasteiger partial charge on any atom is 0.238 e. The van der Waals surface area contributed by atoms with Crippen LogP contribution < -0.4 is 5.43 Å². The highest BCUT2D eigenvalue weighted by Gasteiger charge is 2.24. The van der Waals surface area contributed by atoms with Crippen molar-refractivity contribution >= 4 is 5.76 Å². The summed E-state index contributed by atoms with van der Waals surface area (Å²) in [4.78, 5) is 12.1. The van der Waals surface area contributed by atoms with Crippen LogP contribution in [0.4, 0.5) is 0 Å². The van der Waals surface area contributed by atoms with Gasteiger partial charge in [-0.15, -0.1) is 0 Å². The first-order chi connectivity index (χ1) is 9.18. The van der Waals surface area contributed by atoms with Crippen LogP contribution in [0, 0.1) is 0 Å². The van der Waals surface area contributed by atoms with Crippen molar-refractivity contribution in [2.45, 2.75) is 12.8 Å². The van der Waals surface area contributed by atoms with Crippen LogP contribution in [0.2, 0.25) is 0 Å². The lowest BCUT2D eigenvalue weighted by Crippen LogP contribution is -2.15. The van der Waals surface area contributed by atoms with Gasteiger partial charge in [0.2, 0.25) is 11.2 Å². The first-order valence-corrected chi connectivity index (χ1v) is 6.02. The number of benzene rings is 1. The summed E-state index contributed by atoms with van der Waals surface area (Å²) in [5, 5.41) is 19.7. The summed E-state index contributed by atoms with van der Waals surface area (Å²) in [6, 6.07) is 8.94. The van der Waals surface area contributed by atoms with Crippen LogP contribution >= 0.6 is 0 Å². The van der Waals surface area contributed by atoms with E-state index in [0.29, 0.717) is 24.2 Å². The molecule has 1 aromatic heterocycles. The van der Waals surface area contributed by atoms with Gasteiger partial charge in [-0.2, -0.15) is 0 Å². The average molecular weight is 256 g/mol. The molecule has 1 aliphatic rings. The molecule has 4 nitrogen and oxygen atoms in total. The summed E-state index contributed by atoms with van der Waals surface area (Å²) in [5.41, 5.74) is 0.117. The third-order valence-electron chi connectivity index (χ3n) is 3.16. The normalized spacial score (nSPS) is 13.8. The van der Waals surface area contributed by atoms with Crippen LogP contribution in [0.3, 0.4) is 0 Å². The second kappa shape index (κ2) is 4.31. The van der Waals surface area contributed by atoms with Gasteiger partial charge in [-0.05, 0) is 12.5 Å². The fraction of sp³-hybridized carbons (Fsp3) is 0.133. The molecule has 0 saturated carbocycles. The molecular weight excluding hydrogens is 244 g/mol. The van der Waals surface area contributed by atoms with Crippen LogP contribution in [-0.4, -0.2) is 10.2 Å². The Hall–Kier alpha value is -2.49. The van der Waals surface area contributed by atoms with Crippen molar-refractivity contribution in [1.29, 1.82) is 0 Å². The molecule has 96 valence electrons. The van der Waals surface area contributed by atoms with E-state index in [1.807, 2.05) is 6.07 Å². The minimum absolute atomic E-state index is 0.0726. The van der Waals surface area contributed by atoms with Gasteiger partial charge in [0.25, 0.3) is 0 Å². The van der Waals surface area contributed by atoms with Gasteiger partial charge >= 0.3 is 0 Å². The summed E-state index contributed by atoms with van der Waals surface area (Å²) in [6.07, 6.45) is 2.70. The maximum absolute atomic E-state index is 12.1. The van der Waals surface area contributed by atoms with Crippen LogP contribution in [0.5, 0.6) is 5.75 Å². The SMILES string of the molecule is O=c1c(O)c(-c2ccccc2)oc2c1C(O)=CCC2. The molecular formula is C15H12O4. The van der Waals surface area contributed by atoms with E-state index in [9.17, 15) is 15.0 Å². The first kappa shape index (κ1) is 11.6. The molecule has 1 heterocycles. The van der Waals surface area contributed by atoms with Gasteiger partial charge in [0.05, 0.1) is 0 Å². The van der Waals surface area contributed by atoms with E-state index in [4.69, 9.17) is 4.42 Å². The van der Waals surface area contributed by atoms with Crippen molar-refractivity contribution in [3.8, 4) is 17.1 Å². The zero-order chi connectivity index (χ0) is 13.4. The van der Waals surface area contributed by atoms with Crippen molar-refractivity contribution in [2.24, 2.45) is 0 Å². The van der Waals surface area contributed by atoms with E-state index in [0.717, 1.165) is 0 Å². The number of fused-ring (bicyclic) bond motifs is 1. The Balaban J connectivity index is 2.28. The van der Waals surface area contributed by atoms with Crippen LogP contribution in [0.25, 0.3) is 17.1 Å². The lowest BCUT2D eigenvalue weighted by Gasteiger charge is -2.14. The molecule has 0 atom stereocenters. The Morgan fingerprint density at radius 2 is 1.84 bits per heavy atom. The Bertz CT molecular complexity index is 711. The van der Waals surface area contributed by atoms with Crippen molar-refractivity contribution in [1.82, 2.24) is 0 Å². The molecule has 0 radical (unpaired) electrons. The van der Waals surface area contributed by atoms with Crippen LogP contribution in [0.1, 0.15) is 17.7 Å². The molecule has 0 fully saturated rings. The van der Waals surface area contributed by atoms with Crippen LogP contribution in [0.15, 0.2) is 45.6 Å². The summed E-state index contributed by atoms with van der Waals surface area (Å²) >= 11 is 0. The predicted molar refractivity (Wildman–Crippen MR) is 71.0 cm³/mol. The number of aliphatic hydroxyl groups excluding tert-OH is 1. The summed E-state index contributed by atoms with van der Waals surface area (Å²) < 4.78 is 5.62. The molecule has 1 aliphatic carbocycles. The van der Waals surface area contributed by atoms with Gasteiger partial charge in [0.1, 0.15) is 17.1 Å². The molecule has 1 aromatic carbocycles. The van der Waals surface area contributed by atoms with E-state index in [2.05, 4.69) is 0 Å². The molecule has 0 aliphatic heterocycles. The maximum atomic E-state index is 12.1. The smallest absolute Gasteiger partial charge is 0.238 e. The Morgan fingerprint density at radius 1 is 1.11 bits per heavy atom. The summed E-state index contributed by atoms with van der Waals surface area (Å²) in [5.74, 6) is -0.0163. The molecule has 0 spiro atoms. The quantitative estimate of drug-likeness (QED) is 0.823. The molecule has 2 aromatic rings. The third-order valence-corrected chi connectivity index (χ3v) is 3.16. The summed E-state index contributed by atoms with van der Waals surface area (Å²) in [7, 11) is 0. The largest absolute Gasteiger partial charge is 0.507 e. The standard InChI is InChI=1S/C15H12O4/c16-10-7-4-8-11-12(10)13(17)14(18)15(19-11)9-5-2-1-3-6-9/h1-3,5-7,16,18H,4,8H2. The molecule has 19 heavy (non-hydrogen) atoms. The number of aliphatic hydroxyl groups is 1. The molecule has 0 bridgehead atoms. The lowest BCUT2D eigenvalue weighted by molar-refractivity contribution is 0.412. The molecule has 0 saturated heterocycles. The van der Waals surface area contributed by atoms with Gasteiger partial charge in [-0.25, -0.2) is 0 Å². The van der Waals surface area contributed by atoms with E-state index in [-0.39, 0.29) is 17.1 Å². The lowest BCUT2D eigenvalue weighted by atomic mass is 10.0. The Labute approximate surface area is 109 Å². The second-order valence-corrected chi connectivity index (χ2v) is 4.40. The zero-order valence-electron chi connectivity index (χ0n) is 10.1. The van der Waals surface area contributed by atoms with E-state index in [1.165, 1.54) is 0 Å². The number of rotatable bonds is 1. The minimum Gasteiger partial charge on any atom is -0.507 e. The van der Waals surface area contributed by atoms with Crippen molar-refractivity contribution in [3.05, 3.63) is 58.0 Å². The predicted octanol–water partition coefficient (Wildman–Crippen LogP) is 2.86. The van der Waals surface area contributed by atoms with E-state index >= 15 is 0 Å². The summed E-state index contributed by atoms with van der Waals surface area (Å²) in [6.45, 7) is 0. The van der Waals surface area contributed by atoms with E-state index < -0.39 is 11.2 Å². The topological polar surface area (TPSA) is 70.7 Å². The Kier molecular flexibility index (Phi) is 2.63. The van der Waals surface area contributed by atoms with Crippen LogP contribution in [-0.2, 0) is 6.42 Å². The number of hydrogen-bond acceptors (Lipinski definition) is 4. The fourth-order valence-electron chi connectivity index (χ4n) is 2.23. The average Bonchev–Trinajstić information content (AvgIpc) is 2.43. The van der Waals surface area contributed by atoms with Gasteiger partial charge in [0, 0.05) is 12.0 Å². The zero-order valence-corrected chi connectivity index (χ0v) is 10.1. The van der Waals surface area contributed by atoms with Gasteiger partial charge in [-0.3, -0.25) is 4.79 Å². The van der Waals surface area contributed by atoms with Crippen molar-refractivity contribution in [2.75, 3.05) is 0 Å². The molecule has 0 unspecified atom stereocenters. The third kappa shape index (κ3) is 1.81. The van der Waals surface area contributed by atoms with E-state index in [1.54, 1.807) is 30.3 Å². The molecule has 4 heteroatoms. The number of aryl methyl sites for hydroxylation is 1. The second-order valence-electron chi connectivity index (χ2n) is 4.40. The van der Waals surface area contributed by atoms with Gasteiger partial charge < -0.3 is 14.6 Å². The van der Waals surface area contributed by atoms with Gasteiger partial charge in [0.15, 0.2) is 5.76 Å². The molecule has 2 N–H and O–H groups in total. The monoisotopic (exact) mass is 256 g/mol. The molecule has 3 rings (SSSR count). The Morgan fingerprint density at radius 3 is 2.58 bits per heavy atom. The number of hydrogen-bond donors (Lipinski definition) is 2. The van der Waals surface area contributed by atoms with Crippen molar-refractivity contribution < 1.29 is 14.6 Å². The minimum atomic E-state index is -0.589.